The van der Waals surface area contributed by atoms with Crippen molar-refractivity contribution in [3.8, 4) is 0 Å². The predicted octanol–water partition coefficient (Wildman–Crippen LogP) is 1.27. The lowest BCUT2D eigenvalue weighted by Crippen LogP contribution is -2.26. The standard InChI is InChI=1S/C12H20N2O2S2/c1-13-5-4-11-8-14-12(17-11)7-10-3-2-6-18(15,16)9-10/h8,10,13H,2-7,9H2,1H3. The van der Waals surface area contributed by atoms with Gasteiger partial charge in [0.05, 0.1) is 16.5 Å². The number of hydrogen-bond donors (Lipinski definition) is 1. The lowest BCUT2D eigenvalue weighted by molar-refractivity contribution is 0.483. The minimum Gasteiger partial charge on any atom is -0.319 e. The highest BCUT2D eigenvalue weighted by molar-refractivity contribution is 7.91. The van der Waals surface area contributed by atoms with E-state index in [1.54, 1.807) is 11.3 Å². The van der Waals surface area contributed by atoms with Crippen LogP contribution in [0.1, 0.15) is 22.7 Å². The van der Waals surface area contributed by atoms with Crippen LogP contribution in [-0.4, -0.2) is 38.5 Å². The van der Waals surface area contributed by atoms with Crippen LogP contribution in [0.15, 0.2) is 6.20 Å². The highest BCUT2D eigenvalue weighted by Gasteiger charge is 2.25. The van der Waals surface area contributed by atoms with Crippen LogP contribution in [0.2, 0.25) is 0 Å². The van der Waals surface area contributed by atoms with Gasteiger partial charge in [-0.25, -0.2) is 13.4 Å². The van der Waals surface area contributed by atoms with Crippen LogP contribution in [0.25, 0.3) is 0 Å². The maximum Gasteiger partial charge on any atom is 0.150 e. The molecule has 6 heteroatoms. The molecule has 1 N–H and O–H groups in total. The number of aromatic nitrogens is 1. The molecule has 0 amide bonds. The second-order valence-electron chi connectivity index (χ2n) is 4.90. The number of sulfone groups is 1. The van der Waals surface area contributed by atoms with Crippen LogP contribution in [0.4, 0.5) is 0 Å². The number of nitrogens with one attached hydrogen (secondary N) is 1. The quantitative estimate of drug-likeness (QED) is 0.886. The number of nitrogens with zero attached hydrogens (tertiary/aromatic N) is 1. The summed E-state index contributed by atoms with van der Waals surface area (Å²) in [5, 5.41) is 4.20. The molecule has 1 atom stereocenters. The third-order valence-corrected chi connectivity index (χ3v) is 6.21. The fourth-order valence-corrected chi connectivity index (χ4v) is 5.14. The van der Waals surface area contributed by atoms with E-state index >= 15 is 0 Å². The zero-order valence-corrected chi connectivity index (χ0v) is 12.3. The smallest absolute Gasteiger partial charge is 0.150 e. The molecule has 102 valence electrons. The molecule has 0 bridgehead atoms. The summed E-state index contributed by atoms with van der Waals surface area (Å²) in [6.07, 6.45) is 5.57. The summed E-state index contributed by atoms with van der Waals surface area (Å²) < 4.78 is 23.1. The lowest BCUT2D eigenvalue weighted by Gasteiger charge is -2.20. The minimum absolute atomic E-state index is 0.270. The molecule has 1 aliphatic heterocycles. The zero-order valence-electron chi connectivity index (χ0n) is 10.7. The van der Waals surface area contributed by atoms with Crippen molar-refractivity contribution in [2.75, 3.05) is 25.1 Å². The normalized spacial score (nSPS) is 23.1. The fourth-order valence-electron chi connectivity index (χ4n) is 2.33. The first-order valence-corrected chi connectivity index (χ1v) is 9.01. The van der Waals surface area contributed by atoms with Gasteiger partial charge in [-0.3, -0.25) is 0 Å². The highest BCUT2D eigenvalue weighted by atomic mass is 32.2. The number of likely N-dealkylation sites (N-methyl/N-ethyl adjacent to an activating group) is 1. The number of thiazole rings is 1. The van der Waals surface area contributed by atoms with Crippen molar-refractivity contribution in [1.82, 2.24) is 10.3 Å². The van der Waals surface area contributed by atoms with Gasteiger partial charge < -0.3 is 5.32 Å². The summed E-state index contributed by atoms with van der Waals surface area (Å²) in [6, 6.07) is 0. The van der Waals surface area contributed by atoms with E-state index in [9.17, 15) is 8.42 Å². The van der Waals surface area contributed by atoms with Gasteiger partial charge in [-0.05, 0) is 38.8 Å². The summed E-state index contributed by atoms with van der Waals surface area (Å²) in [4.78, 5) is 5.68. The molecular weight excluding hydrogens is 268 g/mol. The first kappa shape index (κ1) is 14.0. The van der Waals surface area contributed by atoms with Crippen LogP contribution in [0, 0.1) is 5.92 Å². The minimum atomic E-state index is -2.79. The molecule has 1 saturated heterocycles. The Morgan fingerprint density at radius 2 is 2.39 bits per heavy atom. The van der Waals surface area contributed by atoms with Gasteiger partial charge in [0, 0.05) is 17.5 Å². The van der Waals surface area contributed by atoms with E-state index < -0.39 is 9.84 Å². The molecule has 1 fully saturated rings. The molecule has 18 heavy (non-hydrogen) atoms. The average molecular weight is 288 g/mol. The fraction of sp³-hybridized carbons (Fsp3) is 0.750. The summed E-state index contributed by atoms with van der Waals surface area (Å²) in [5.41, 5.74) is 0. The second kappa shape index (κ2) is 6.12. The van der Waals surface area contributed by atoms with Crippen molar-refractivity contribution in [2.24, 2.45) is 5.92 Å². The maximum atomic E-state index is 11.6. The molecule has 1 aromatic heterocycles. The highest BCUT2D eigenvalue weighted by Crippen LogP contribution is 2.24. The Balaban J connectivity index is 1.91. The Labute approximate surface area is 113 Å². The SMILES string of the molecule is CNCCc1cnc(CC2CCCS(=O)(=O)C2)s1. The Morgan fingerprint density at radius 1 is 1.56 bits per heavy atom. The molecule has 0 spiro atoms. The van der Waals surface area contributed by atoms with E-state index in [1.165, 1.54) is 4.88 Å². The largest absolute Gasteiger partial charge is 0.319 e. The van der Waals surface area contributed by atoms with Crippen LogP contribution in [-0.2, 0) is 22.7 Å². The molecule has 0 saturated carbocycles. The van der Waals surface area contributed by atoms with Gasteiger partial charge in [0.15, 0.2) is 9.84 Å². The van der Waals surface area contributed by atoms with Gasteiger partial charge >= 0.3 is 0 Å². The molecule has 2 rings (SSSR count). The van der Waals surface area contributed by atoms with Crippen LogP contribution in [0.3, 0.4) is 0 Å². The summed E-state index contributed by atoms with van der Waals surface area (Å²) in [5.74, 6) is 0.986. The molecule has 0 aliphatic carbocycles. The lowest BCUT2D eigenvalue weighted by atomic mass is 10.0. The van der Waals surface area contributed by atoms with E-state index in [2.05, 4.69) is 10.3 Å². The second-order valence-corrected chi connectivity index (χ2v) is 8.33. The average Bonchev–Trinajstić information content (AvgIpc) is 2.73. The summed E-state index contributed by atoms with van der Waals surface area (Å²) in [6.45, 7) is 0.958. The van der Waals surface area contributed by atoms with E-state index in [-0.39, 0.29) is 5.92 Å². The Bertz CT molecular complexity index is 482. The third kappa shape index (κ3) is 4.03. The van der Waals surface area contributed by atoms with Gasteiger partial charge in [0.25, 0.3) is 0 Å². The maximum absolute atomic E-state index is 11.6. The first-order chi connectivity index (χ1) is 8.59. The van der Waals surface area contributed by atoms with Gasteiger partial charge in [-0.2, -0.15) is 0 Å². The summed E-state index contributed by atoms with van der Waals surface area (Å²) in [7, 11) is -0.853. The third-order valence-electron chi connectivity index (χ3n) is 3.24. The molecule has 2 heterocycles. The Morgan fingerprint density at radius 3 is 3.11 bits per heavy atom. The van der Waals surface area contributed by atoms with Crippen molar-refractivity contribution in [3.05, 3.63) is 16.1 Å². The van der Waals surface area contributed by atoms with Crippen LogP contribution >= 0.6 is 11.3 Å². The Kier molecular flexibility index (Phi) is 4.75. The monoisotopic (exact) mass is 288 g/mol. The first-order valence-electron chi connectivity index (χ1n) is 6.37. The molecule has 1 aromatic rings. The number of hydrogen-bond acceptors (Lipinski definition) is 5. The van der Waals surface area contributed by atoms with Crippen LogP contribution in [0.5, 0.6) is 0 Å². The topological polar surface area (TPSA) is 59.1 Å². The molecule has 1 unspecified atom stereocenters. The van der Waals surface area contributed by atoms with Crippen molar-refractivity contribution in [1.29, 1.82) is 0 Å². The molecule has 1 aliphatic rings. The molecule has 0 aromatic carbocycles. The van der Waals surface area contributed by atoms with Gasteiger partial charge in [0.2, 0.25) is 0 Å². The van der Waals surface area contributed by atoms with Crippen molar-refractivity contribution in [2.45, 2.75) is 25.7 Å². The van der Waals surface area contributed by atoms with Crippen molar-refractivity contribution in [3.63, 3.8) is 0 Å². The Hall–Kier alpha value is -0.460. The van der Waals surface area contributed by atoms with Crippen molar-refractivity contribution < 1.29 is 8.42 Å². The predicted molar refractivity (Wildman–Crippen MR) is 74.8 cm³/mol. The van der Waals surface area contributed by atoms with Gasteiger partial charge in [0.1, 0.15) is 0 Å². The van der Waals surface area contributed by atoms with Gasteiger partial charge in [-0.15, -0.1) is 11.3 Å². The van der Waals surface area contributed by atoms with Crippen LogP contribution < -0.4 is 5.32 Å². The zero-order chi connectivity index (χ0) is 13.0. The molecule has 0 radical (unpaired) electrons. The summed E-state index contributed by atoms with van der Waals surface area (Å²) >= 11 is 1.72. The molecular formula is C12H20N2O2S2. The van der Waals surface area contributed by atoms with Crippen molar-refractivity contribution >= 4 is 21.2 Å². The molecule has 4 nitrogen and oxygen atoms in total. The van der Waals surface area contributed by atoms with E-state index in [4.69, 9.17) is 0 Å². The number of rotatable bonds is 5. The van der Waals surface area contributed by atoms with Gasteiger partial charge in [-0.1, -0.05) is 0 Å². The van der Waals surface area contributed by atoms with E-state index in [0.29, 0.717) is 11.5 Å². The van der Waals surface area contributed by atoms with E-state index in [0.717, 1.165) is 37.2 Å². The van der Waals surface area contributed by atoms with E-state index in [1.807, 2.05) is 13.2 Å².